The molecule has 0 aliphatic heterocycles. The smallest absolute Gasteiger partial charge is 0.227 e. The lowest BCUT2D eigenvalue weighted by atomic mass is 10.1. The van der Waals surface area contributed by atoms with Gasteiger partial charge in [0.05, 0.1) is 0 Å². The molecule has 0 saturated heterocycles. The van der Waals surface area contributed by atoms with Crippen molar-refractivity contribution < 1.29 is 4.42 Å². The number of fused-ring (bicyclic) bond motifs is 1. The fourth-order valence-corrected chi connectivity index (χ4v) is 2.07. The zero-order valence-electron chi connectivity index (χ0n) is 10.4. The van der Waals surface area contributed by atoms with Gasteiger partial charge in [-0.2, -0.15) is 0 Å². The first-order chi connectivity index (χ1) is 8.65. The Morgan fingerprint density at radius 2 is 1.89 bits per heavy atom. The van der Waals surface area contributed by atoms with Crippen LogP contribution in [0.4, 0.5) is 5.69 Å². The van der Waals surface area contributed by atoms with E-state index in [1.807, 2.05) is 50.2 Å². The minimum absolute atomic E-state index is 0.629. The Bertz CT molecular complexity index is 728. The highest BCUT2D eigenvalue weighted by molar-refractivity contribution is 5.80. The number of oxazole rings is 1. The lowest BCUT2D eigenvalue weighted by Crippen LogP contribution is -1.88. The van der Waals surface area contributed by atoms with Gasteiger partial charge < -0.3 is 10.2 Å². The Labute approximate surface area is 105 Å². The minimum Gasteiger partial charge on any atom is -0.436 e. The molecule has 3 aromatic rings. The second-order valence-corrected chi connectivity index (χ2v) is 4.52. The number of aromatic nitrogens is 1. The molecule has 0 saturated carbocycles. The van der Waals surface area contributed by atoms with Crippen LogP contribution >= 0.6 is 0 Å². The zero-order chi connectivity index (χ0) is 12.7. The van der Waals surface area contributed by atoms with Crippen molar-refractivity contribution in [3.8, 4) is 11.5 Å². The van der Waals surface area contributed by atoms with Gasteiger partial charge in [-0.05, 0) is 43.2 Å². The second-order valence-electron chi connectivity index (χ2n) is 4.52. The summed E-state index contributed by atoms with van der Waals surface area (Å²) in [6.45, 7) is 4.05. The molecule has 1 heterocycles. The molecule has 0 atom stereocenters. The molecule has 0 fully saturated rings. The molecule has 0 spiro atoms. The first kappa shape index (κ1) is 10.8. The third-order valence-electron chi connectivity index (χ3n) is 3.11. The summed E-state index contributed by atoms with van der Waals surface area (Å²) in [4.78, 5) is 4.56. The number of nitrogens with two attached hydrogens (primary N) is 1. The Hall–Kier alpha value is -2.29. The highest BCUT2D eigenvalue weighted by atomic mass is 16.3. The van der Waals surface area contributed by atoms with Gasteiger partial charge in [-0.1, -0.05) is 18.2 Å². The standard InChI is InChI=1S/C15H14N2O/c1-9-6-7-11(16)8-12(9)15-17-14-10(2)4-3-5-13(14)18-15/h3-8H,16H2,1-2H3. The zero-order valence-corrected chi connectivity index (χ0v) is 10.4. The van der Waals surface area contributed by atoms with Gasteiger partial charge >= 0.3 is 0 Å². The lowest BCUT2D eigenvalue weighted by molar-refractivity contribution is 0.619. The number of anilines is 1. The van der Waals surface area contributed by atoms with Crippen molar-refractivity contribution in [1.29, 1.82) is 0 Å². The molecule has 0 aliphatic rings. The lowest BCUT2D eigenvalue weighted by Gasteiger charge is -2.01. The average Bonchev–Trinajstić information content (AvgIpc) is 2.77. The molecule has 18 heavy (non-hydrogen) atoms. The van der Waals surface area contributed by atoms with Crippen LogP contribution in [0.2, 0.25) is 0 Å². The highest BCUT2D eigenvalue weighted by Crippen LogP contribution is 2.29. The van der Waals surface area contributed by atoms with Gasteiger partial charge in [0.25, 0.3) is 0 Å². The minimum atomic E-state index is 0.629. The van der Waals surface area contributed by atoms with Gasteiger partial charge in [0.1, 0.15) is 5.52 Å². The van der Waals surface area contributed by atoms with Crippen molar-refractivity contribution >= 4 is 16.8 Å². The van der Waals surface area contributed by atoms with E-state index in [-0.39, 0.29) is 0 Å². The molecule has 2 aromatic carbocycles. The molecule has 0 unspecified atom stereocenters. The van der Waals surface area contributed by atoms with Crippen molar-refractivity contribution in [2.75, 3.05) is 5.73 Å². The Morgan fingerprint density at radius 1 is 1.06 bits per heavy atom. The van der Waals surface area contributed by atoms with Crippen molar-refractivity contribution in [2.45, 2.75) is 13.8 Å². The molecule has 3 rings (SSSR count). The van der Waals surface area contributed by atoms with E-state index in [1.54, 1.807) is 0 Å². The van der Waals surface area contributed by atoms with E-state index in [2.05, 4.69) is 4.98 Å². The summed E-state index contributed by atoms with van der Waals surface area (Å²) in [6.07, 6.45) is 0. The first-order valence-corrected chi connectivity index (χ1v) is 5.88. The Kier molecular flexibility index (Phi) is 2.33. The summed E-state index contributed by atoms with van der Waals surface area (Å²) in [6, 6.07) is 11.7. The topological polar surface area (TPSA) is 52.0 Å². The molecule has 1 aromatic heterocycles. The van der Waals surface area contributed by atoms with E-state index in [1.165, 1.54) is 0 Å². The molecule has 3 nitrogen and oxygen atoms in total. The second kappa shape index (κ2) is 3.88. The molecule has 3 heteroatoms. The van der Waals surface area contributed by atoms with E-state index < -0.39 is 0 Å². The number of rotatable bonds is 1. The summed E-state index contributed by atoms with van der Waals surface area (Å²) in [5.74, 6) is 0.629. The maximum atomic E-state index is 5.82. The Balaban J connectivity index is 2.26. The monoisotopic (exact) mass is 238 g/mol. The number of benzene rings is 2. The molecule has 0 amide bonds. The number of nitrogen functional groups attached to an aromatic ring is 1. The van der Waals surface area contributed by atoms with Crippen molar-refractivity contribution in [1.82, 2.24) is 4.98 Å². The predicted molar refractivity (Wildman–Crippen MR) is 73.3 cm³/mol. The number of nitrogens with zero attached hydrogens (tertiary/aromatic N) is 1. The molecule has 0 bridgehead atoms. The third kappa shape index (κ3) is 1.64. The van der Waals surface area contributed by atoms with Gasteiger partial charge in [-0.3, -0.25) is 0 Å². The SMILES string of the molecule is Cc1ccc(N)cc1-c1nc2c(C)cccc2o1. The van der Waals surface area contributed by atoms with E-state index in [9.17, 15) is 0 Å². The molecular weight excluding hydrogens is 224 g/mol. The number of para-hydroxylation sites is 1. The molecule has 0 aliphatic carbocycles. The van der Waals surface area contributed by atoms with Crippen LogP contribution in [0.5, 0.6) is 0 Å². The van der Waals surface area contributed by atoms with Crippen LogP contribution in [-0.4, -0.2) is 4.98 Å². The normalized spacial score (nSPS) is 11.0. The highest BCUT2D eigenvalue weighted by Gasteiger charge is 2.11. The van der Waals surface area contributed by atoms with Crippen molar-refractivity contribution in [3.63, 3.8) is 0 Å². The molecule has 2 N–H and O–H groups in total. The first-order valence-electron chi connectivity index (χ1n) is 5.88. The maximum Gasteiger partial charge on any atom is 0.227 e. The van der Waals surface area contributed by atoms with Gasteiger partial charge in [0, 0.05) is 11.3 Å². The summed E-state index contributed by atoms with van der Waals surface area (Å²) in [5, 5.41) is 0. The summed E-state index contributed by atoms with van der Waals surface area (Å²) < 4.78 is 5.80. The van der Waals surface area contributed by atoms with E-state index in [4.69, 9.17) is 10.2 Å². The summed E-state index contributed by atoms with van der Waals surface area (Å²) >= 11 is 0. The summed E-state index contributed by atoms with van der Waals surface area (Å²) in [7, 11) is 0. The fraction of sp³-hybridized carbons (Fsp3) is 0.133. The number of hydrogen-bond donors (Lipinski definition) is 1. The van der Waals surface area contributed by atoms with E-state index in [0.29, 0.717) is 5.89 Å². The largest absolute Gasteiger partial charge is 0.436 e. The number of aryl methyl sites for hydroxylation is 2. The average molecular weight is 238 g/mol. The summed E-state index contributed by atoms with van der Waals surface area (Å²) in [5.41, 5.74) is 11.4. The van der Waals surface area contributed by atoms with E-state index >= 15 is 0 Å². The van der Waals surface area contributed by atoms with Gasteiger partial charge in [0.2, 0.25) is 5.89 Å². The molecule has 90 valence electrons. The van der Waals surface area contributed by atoms with Crippen LogP contribution < -0.4 is 5.73 Å². The van der Waals surface area contributed by atoms with Crippen molar-refractivity contribution in [3.05, 3.63) is 47.5 Å². The van der Waals surface area contributed by atoms with Crippen LogP contribution in [0, 0.1) is 13.8 Å². The van der Waals surface area contributed by atoms with Gasteiger partial charge in [-0.15, -0.1) is 0 Å². The van der Waals surface area contributed by atoms with Crippen LogP contribution in [0.25, 0.3) is 22.6 Å². The van der Waals surface area contributed by atoms with E-state index in [0.717, 1.165) is 33.5 Å². The van der Waals surface area contributed by atoms with Crippen LogP contribution in [0.3, 0.4) is 0 Å². The van der Waals surface area contributed by atoms with Crippen LogP contribution in [-0.2, 0) is 0 Å². The fourth-order valence-electron chi connectivity index (χ4n) is 2.07. The molecule has 0 radical (unpaired) electrons. The van der Waals surface area contributed by atoms with Crippen molar-refractivity contribution in [2.24, 2.45) is 0 Å². The van der Waals surface area contributed by atoms with Crippen LogP contribution in [0.1, 0.15) is 11.1 Å². The Morgan fingerprint density at radius 3 is 2.67 bits per heavy atom. The quantitative estimate of drug-likeness (QED) is 0.658. The number of hydrogen-bond acceptors (Lipinski definition) is 3. The third-order valence-corrected chi connectivity index (χ3v) is 3.11. The van der Waals surface area contributed by atoms with Crippen LogP contribution in [0.15, 0.2) is 40.8 Å². The predicted octanol–water partition coefficient (Wildman–Crippen LogP) is 3.69. The van der Waals surface area contributed by atoms with Gasteiger partial charge in [0.15, 0.2) is 5.58 Å². The van der Waals surface area contributed by atoms with Gasteiger partial charge in [-0.25, -0.2) is 4.98 Å². The molecular formula is C15H14N2O. The maximum absolute atomic E-state index is 5.82.